The average molecular weight is 764 g/mol. The Morgan fingerprint density at radius 1 is 0.660 bits per heavy atom. The van der Waals surface area contributed by atoms with Crippen molar-refractivity contribution in [2.45, 2.75) is 52.4 Å². The Balaban J connectivity index is 0.000000364. The second-order valence-corrected chi connectivity index (χ2v) is 13.2. The van der Waals surface area contributed by atoms with Crippen LogP contribution < -0.4 is 118 Å². The first-order chi connectivity index (χ1) is 24.2. The maximum Gasteiger partial charge on any atom is 1.00 e. The van der Waals surface area contributed by atoms with E-state index >= 15 is 0 Å². The number of hydrogen-bond acceptors (Lipinski definition) is 9. The minimum Gasteiger partial charge on any atom is -0.470 e. The van der Waals surface area contributed by atoms with Gasteiger partial charge < -0.3 is 24.6 Å². The molecular formula is C40H43K2N7O4-2. The summed E-state index contributed by atoms with van der Waals surface area (Å²) in [5.41, 5.74) is 2.71. The molecule has 0 unspecified atom stereocenters. The molecule has 4 aromatic heterocycles. The van der Waals surface area contributed by atoms with Crippen molar-refractivity contribution < 1.29 is 121 Å². The quantitative estimate of drug-likeness (QED) is 0.199. The van der Waals surface area contributed by atoms with Gasteiger partial charge in [-0.3, -0.25) is 14.6 Å². The Bertz CT molecular complexity index is 1800. The molecule has 6 rings (SSSR count). The Morgan fingerprint density at radius 3 is 1.42 bits per heavy atom. The van der Waals surface area contributed by atoms with Crippen molar-refractivity contribution in [3.05, 3.63) is 151 Å². The normalized spacial score (nSPS) is 10.1. The van der Waals surface area contributed by atoms with Crippen LogP contribution in [-0.2, 0) is 10.8 Å². The first kappa shape index (κ1) is 48.2. The van der Waals surface area contributed by atoms with Gasteiger partial charge in [0.05, 0.1) is 11.1 Å². The molecule has 2 amide bonds. The van der Waals surface area contributed by atoms with Gasteiger partial charge in [-0.25, -0.2) is 15.3 Å². The van der Waals surface area contributed by atoms with Crippen LogP contribution in [0.4, 0.5) is 17.2 Å². The molecule has 0 fully saturated rings. The van der Waals surface area contributed by atoms with Gasteiger partial charge in [0, 0.05) is 32.7 Å². The molecule has 0 saturated heterocycles. The van der Waals surface area contributed by atoms with Gasteiger partial charge >= 0.3 is 103 Å². The number of hydrogen-bond donors (Lipinski definition) is 2. The van der Waals surface area contributed by atoms with Gasteiger partial charge in [-0.2, -0.15) is 48.5 Å². The molecule has 2 N–H and O–H groups in total. The molecule has 0 aliphatic heterocycles. The molecule has 0 saturated carbocycles. The molecule has 0 radical (unpaired) electrons. The Labute approximate surface area is 398 Å². The number of benzene rings is 2. The maximum atomic E-state index is 11.9. The van der Waals surface area contributed by atoms with Crippen molar-refractivity contribution >= 4 is 29.0 Å². The van der Waals surface area contributed by atoms with Crippen LogP contribution in [0.3, 0.4) is 0 Å². The molecular weight excluding hydrogens is 721 g/mol. The second kappa shape index (κ2) is 24.6. The van der Waals surface area contributed by atoms with E-state index in [1.807, 2.05) is 25.1 Å². The van der Waals surface area contributed by atoms with Crippen LogP contribution in [0.5, 0.6) is 0 Å². The minimum absolute atomic E-state index is 0. The fourth-order valence-electron chi connectivity index (χ4n) is 3.71. The van der Waals surface area contributed by atoms with Crippen molar-refractivity contribution in [2.75, 3.05) is 29.6 Å². The van der Waals surface area contributed by atoms with Gasteiger partial charge in [-0.05, 0) is 46.6 Å². The summed E-state index contributed by atoms with van der Waals surface area (Å²) in [5, 5.41) is 12.5. The maximum absolute atomic E-state index is 11.9. The zero-order valence-corrected chi connectivity index (χ0v) is 38.4. The molecule has 6 aromatic rings. The number of carbonyl (C=O) groups excluding carboxylic acids is 2. The first-order valence-electron chi connectivity index (χ1n) is 16.0. The molecule has 2 aromatic carbocycles. The first-order valence-corrected chi connectivity index (χ1v) is 16.0. The van der Waals surface area contributed by atoms with E-state index in [9.17, 15) is 9.59 Å². The number of aromatic nitrogens is 4. The molecule has 0 aliphatic carbocycles. The van der Waals surface area contributed by atoms with Crippen LogP contribution in [0.1, 0.15) is 73.8 Å². The van der Waals surface area contributed by atoms with Crippen molar-refractivity contribution in [3.63, 3.8) is 0 Å². The molecule has 11 nitrogen and oxygen atoms in total. The smallest absolute Gasteiger partial charge is 0.470 e. The Kier molecular flexibility index (Phi) is 22.3. The largest absolute Gasteiger partial charge is 1.00 e. The van der Waals surface area contributed by atoms with Crippen LogP contribution in [0.2, 0.25) is 0 Å². The minimum atomic E-state index is -0.168. The van der Waals surface area contributed by atoms with Crippen molar-refractivity contribution in [1.29, 1.82) is 0 Å². The SMILES string of the molecule is CC(C)(C)c1c[c-]no1.CC(C)(C)c1c[c-]no1.CN(C)c1ccc(C(=O)Nc2cc[c-]cc2)cn1.O=C(Nc1cc[c-]cc1)c1cccnc1.[K+].[K+]. The summed E-state index contributed by atoms with van der Waals surface area (Å²) < 4.78 is 9.78. The van der Waals surface area contributed by atoms with E-state index in [1.54, 1.807) is 91.3 Å². The van der Waals surface area contributed by atoms with Crippen LogP contribution in [0.25, 0.3) is 0 Å². The van der Waals surface area contributed by atoms with Gasteiger partial charge in [0.25, 0.3) is 11.8 Å². The number of pyridine rings is 2. The summed E-state index contributed by atoms with van der Waals surface area (Å²) in [6.07, 6.45) is 9.97. The molecule has 0 spiro atoms. The number of anilines is 3. The Morgan fingerprint density at radius 2 is 1.11 bits per heavy atom. The third-order valence-electron chi connectivity index (χ3n) is 6.61. The van der Waals surface area contributed by atoms with E-state index in [4.69, 9.17) is 9.05 Å². The predicted molar refractivity (Wildman–Crippen MR) is 197 cm³/mol. The van der Waals surface area contributed by atoms with Gasteiger partial charge in [-0.15, -0.1) is 36.7 Å². The average Bonchev–Trinajstić information content (AvgIpc) is 3.87. The van der Waals surface area contributed by atoms with Crippen LogP contribution >= 0.6 is 0 Å². The van der Waals surface area contributed by atoms with Gasteiger partial charge in [0.2, 0.25) is 0 Å². The summed E-state index contributed by atoms with van der Waals surface area (Å²) >= 11 is 0. The third kappa shape index (κ3) is 18.4. The number of nitrogens with zero attached hydrogens (tertiary/aromatic N) is 5. The molecule has 0 bridgehead atoms. The number of amides is 2. The second-order valence-electron chi connectivity index (χ2n) is 13.2. The van der Waals surface area contributed by atoms with Crippen molar-refractivity contribution in [2.24, 2.45) is 0 Å². The molecule has 0 aliphatic rings. The van der Waals surface area contributed by atoms with Gasteiger partial charge in [0.1, 0.15) is 5.82 Å². The van der Waals surface area contributed by atoms with Crippen molar-refractivity contribution in [3.8, 4) is 0 Å². The Hall–Kier alpha value is -2.83. The number of carbonyl (C=O) groups is 2. The third-order valence-corrected chi connectivity index (χ3v) is 6.61. The van der Waals surface area contributed by atoms with E-state index in [-0.39, 0.29) is 125 Å². The molecule has 13 heteroatoms. The molecule has 266 valence electrons. The van der Waals surface area contributed by atoms with Crippen molar-refractivity contribution in [1.82, 2.24) is 20.3 Å². The monoisotopic (exact) mass is 763 g/mol. The molecule has 0 atom stereocenters. The zero-order valence-electron chi connectivity index (χ0n) is 32.2. The van der Waals surface area contributed by atoms with E-state index in [1.165, 1.54) is 6.20 Å². The van der Waals surface area contributed by atoms with E-state index < -0.39 is 0 Å². The predicted octanol–water partition coefficient (Wildman–Crippen LogP) is 1.89. The topological polar surface area (TPSA) is 139 Å². The fourth-order valence-corrected chi connectivity index (χ4v) is 3.71. The van der Waals surface area contributed by atoms with E-state index in [2.05, 4.69) is 97.0 Å². The summed E-state index contributed by atoms with van der Waals surface area (Å²) in [6, 6.07) is 30.5. The summed E-state index contributed by atoms with van der Waals surface area (Å²) in [4.78, 5) is 33.5. The summed E-state index contributed by atoms with van der Waals surface area (Å²) in [6.45, 7) is 12.4. The van der Waals surface area contributed by atoms with Crippen LogP contribution in [-0.4, -0.2) is 46.2 Å². The standard InChI is InChI=1S/C14H14N3O.C12H9N2O.2C7H10NO.2K/c1-17(2)13-9-8-11(10-15-13)14(18)16-12-6-4-3-5-7-12;15-12(10-5-4-8-13-9-10)14-11-6-2-1-3-7-11;2*1-7(2,3)6-4-5-8-9-6;;/h4-10H,1-2H3,(H,16,18);2-9H,(H,14,15);2*4H,1-3H3;;/q4*-1;2*+1. The number of rotatable bonds is 5. The summed E-state index contributed by atoms with van der Waals surface area (Å²) in [5.74, 6) is 2.25. The van der Waals surface area contributed by atoms with Gasteiger partial charge in [0.15, 0.2) is 0 Å². The number of nitrogens with one attached hydrogen (secondary N) is 2. The molecule has 53 heavy (non-hydrogen) atoms. The van der Waals surface area contributed by atoms with E-state index in [0.29, 0.717) is 11.1 Å². The van der Waals surface area contributed by atoms with Crippen LogP contribution in [0.15, 0.2) is 113 Å². The summed E-state index contributed by atoms with van der Waals surface area (Å²) in [7, 11) is 3.81. The van der Waals surface area contributed by atoms with Gasteiger partial charge in [-0.1, -0.05) is 52.9 Å². The molecule has 4 heterocycles. The van der Waals surface area contributed by atoms with E-state index in [0.717, 1.165) is 28.7 Å². The zero-order chi connectivity index (χ0) is 37.3. The van der Waals surface area contributed by atoms with Crippen LogP contribution in [0, 0.1) is 24.5 Å². The fraction of sp³-hybridized carbons (Fsp3) is 0.250.